The summed E-state index contributed by atoms with van der Waals surface area (Å²) in [4.78, 5) is 0. The fourth-order valence-corrected chi connectivity index (χ4v) is 0.493. The zero-order valence-electron chi connectivity index (χ0n) is 5.79. The number of sulfonamides is 1. The van der Waals surface area contributed by atoms with Crippen LogP contribution in [0.3, 0.4) is 0 Å². The second kappa shape index (κ2) is 4.16. The topological polar surface area (TPSA) is 60.2 Å². The van der Waals surface area contributed by atoms with Gasteiger partial charge in [0.25, 0.3) is 0 Å². The molecule has 3 nitrogen and oxygen atoms in total. The van der Waals surface area contributed by atoms with Crippen molar-refractivity contribution >= 4 is 10.0 Å². The monoisotopic (exact) mass is 129 g/mol. The Bertz CT molecular complexity index is 155. The Morgan fingerprint density at radius 2 is 2.12 bits per heavy atom. The third-order valence-corrected chi connectivity index (χ3v) is 1.05. The van der Waals surface area contributed by atoms with Crippen molar-refractivity contribution in [2.45, 2.75) is 0 Å². The van der Waals surface area contributed by atoms with Crippen molar-refractivity contribution in [3.05, 3.63) is 12.7 Å². The molecule has 0 unspecified atom stereocenters. The van der Waals surface area contributed by atoms with E-state index in [1.54, 1.807) is 0 Å². The molecule has 0 aliphatic heterocycles. The summed E-state index contributed by atoms with van der Waals surface area (Å²) in [6.45, 7) is 3.19. The second-order valence-electron chi connectivity index (χ2n) is 1.12. The number of hydrogen-bond acceptors (Lipinski definition) is 2. The fraction of sp³-hybridized carbons (Fsp3) is 0.333. The fourth-order valence-electron chi connectivity index (χ4n) is 0.164. The average Bonchev–Trinajstić information content (AvgIpc) is 1.30. The molecule has 0 spiro atoms. The Hall–Kier alpha value is 0.247. The van der Waals surface area contributed by atoms with E-state index in [1.165, 1.54) is 6.08 Å². The molecule has 0 radical (unpaired) electrons. The Balaban J connectivity index is -0.000000180. The van der Waals surface area contributed by atoms with E-state index < -0.39 is 10.0 Å². The Kier molecular flexibility index (Phi) is 5.77. The van der Waals surface area contributed by atoms with Crippen molar-refractivity contribution in [3.63, 3.8) is 0 Å². The molecule has 0 saturated heterocycles. The van der Waals surface area contributed by atoms with Crippen LogP contribution in [0.1, 0.15) is 1.43 Å². The SMILES string of the molecule is C=CCS(N)(=O)=O.[H-].[Li+]. The van der Waals surface area contributed by atoms with E-state index in [1.807, 2.05) is 0 Å². The minimum absolute atomic E-state index is 0. The summed E-state index contributed by atoms with van der Waals surface area (Å²) in [5.41, 5.74) is 0. The van der Waals surface area contributed by atoms with Crippen LogP contribution in [0.25, 0.3) is 0 Å². The molecule has 0 aliphatic carbocycles. The maximum atomic E-state index is 9.94. The maximum Gasteiger partial charge on any atom is 1.00 e. The van der Waals surface area contributed by atoms with E-state index in [0.717, 1.165) is 0 Å². The van der Waals surface area contributed by atoms with Crippen molar-refractivity contribution in [3.8, 4) is 0 Å². The largest absolute Gasteiger partial charge is 1.00 e. The molecule has 0 fully saturated rings. The number of rotatable bonds is 2. The van der Waals surface area contributed by atoms with Gasteiger partial charge in [-0.25, -0.2) is 13.6 Å². The Morgan fingerprint density at radius 3 is 2.12 bits per heavy atom. The van der Waals surface area contributed by atoms with Crippen molar-refractivity contribution < 1.29 is 28.7 Å². The maximum absolute atomic E-state index is 9.94. The van der Waals surface area contributed by atoms with Crippen LogP contribution in [0.2, 0.25) is 0 Å². The summed E-state index contributed by atoms with van der Waals surface area (Å²) in [6, 6.07) is 0. The van der Waals surface area contributed by atoms with Gasteiger partial charge in [0.2, 0.25) is 10.0 Å². The smallest absolute Gasteiger partial charge is 1.00 e. The zero-order chi connectivity index (χ0) is 5.91. The average molecular weight is 129 g/mol. The first-order valence-corrected chi connectivity index (χ1v) is 3.39. The molecule has 0 saturated carbocycles. The van der Waals surface area contributed by atoms with Gasteiger partial charge in [0.1, 0.15) is 0 Å². The molecule has 0 aliphatic rings. The Morgan fingerprint density at radius 1 is 1.75 bits per heavy atom. The quantitative estimate of drug-likeness (QED) is 0.312. The van der Waals surface area contributed by atoms with Crippen LogP contribution in [0.15, 0.2) is 12.7 Å². The summed E-state index contributed by atoms with van der Waals surface area (Å²) < 4.78 is 19.9. The van der Waals surface area contributed by atoms with E-state index in [2.05, 4.69) is 11.7 Å². The van der Waals surface area contributed by atoms with Crippen molar-refractivity contribution in [2.24, 2.45) is 5.14 Å². The molecular weight excluding hydrogens is 121 g/mol. The van der Waals surface area contributed by atoms with E-state index >= 15 is 0 Å². The predicted octanol–water partition coefficient (Wildman–Crippen LogP) is -3.42. The first kappa shape index (κ1) is 11.1. The summed E-state index contributed by atoms with van der Waals surface area (Å²) in [5.74, 6) is -0.146. The summed E-state index contributed by atoms with van der Waals surface area (Å²) in [7, 11) is -3.29. The molecule has 2 N–H and O–H groups in total. The van der Waals surface area contributed by atoms with Crippen LogP contribution in [0, 0.1) is 0 Å². The molecule has 0 bridgehead atoms. The van der Waals surface area contributed by atoms with Crippen molar-refractivity contribution in [2.75, 3.05) is 5.75 Å². The van der Waals surface area contributed by atoms with Gasteiger partial charge in [-0.3, -0.25) is 0 Å². The van der Waals surface area contributed by atoms with E-state index in [9.17, 15) is 8.42 Å². The minimum Gasteiger partial charge on any atom is -1.00 e. The van der Waals surface area contributed by atoms with Gasteiger partial charge in [0.15, 0.2) is 0 Å². The molecule has 0 aromatic rings. The summed E-state index contributed by atoms with van der Waals surface area (Å²) in [5, 5.41) is 4.55. The van der Waals surface area contributed by atoms with Crippen molar-refractivity contribution in [1.82, 2.24) is 0 Å². The number of nitrogens with two attached hydrogens (primary N) is 1. The standard InChI is InChI=1S/C3H7NO2S.Li.H/c1-2-3-7(4,5)6;;/h2H,1,3H2,(H2,4,5,6);;/q;+1;-1. The molecule has 0 amide bonds. The zero-order valence-corrected chi connectivity index (χ0v) is 5.61. The Labute approximate surface area is 62.7 Å². The molecule has 0 rings (SSSR count). The van der Waals surface area contributed by atoms with Gasteiger partial charge in [-0.05, 0) is 0 Å². The first-order valence-electron chi connectivity index (χ1n) is 1.67. The normalized spacial score (nSPS) is 9.62. The van der Waals surface area contributed by atoms with Gasteiger partial charge < -0.3 is 1.43 Å². The second-order valence-corrected chi connectivity index (χ2v) is 2.78. The minimum atomic E-state index is -3.29. The summed E-state index contributed by atoms with van der Waals surface area (Å²) >= 11 is 0. The van der Waals surface area contributed by atoms with E-state index in [0.29, 0.717) is 0 Å². The van der Waals surface area contributed by atoms with Gasteiger partial charge in [-0.15, -0.1) is 6.58 Å². The van der Waals surface area contributed by atoms with Gasteiger partial charge >= 0.3 is 18.9 Å². The first-order chi connectivity index (χ1) is 3.06. The molecule has 0 atom stereocenters. The number of primary sulfonamides is 1. The summed E-state index contributed by atoms with van der Waals surface area (Å²) in [6.07, 6.45) is 1.25. The van der Waals surface area contributed by atoms with Gasteiger partial charge in [0.05, 0.1) is 5.75 Å². The van der Waals surface area contributed by atoms with E-state index in [4.69, 9.17) is 0 Å². The van der Waals surface area contributed by atoms with Crippen molar-refractivity contribution in [1.29, 1.82) is 0 Å². The molecule has 0 heterocycles. The van der Waals surface area contributed by atoms with Gasteiger partial charge in [0, 0.05) is 0 Å². The molecule has 44 valence electrons. The van der Waals surface area contributed by atoms with E-state index in [-0.39, 0.29) is 26.0 Å². The van der Waals surface area contributed by atoms with Crippen LogP contribution >= 0.6 is 0 Å². The molecular formula is C3H8LiNO2S. The third kappa shape index (κ3) is 9.54. The molecule has 5 heteroatoms. The van der Waals surface area contributed by atoms with Crippen LogP contribution in [0.4, 0.5) is 0 Å². The van der Waals surface area contributed by atoms with Gasteiger partial charge in [-0.1, -0.05) is 6.08 Å². The third-order valence-electron chi connectivity index (χ3n) is 0.350. The molecule has 0 aromatic heterocycles. The van der Waals surface area contributed by atoms with Crippen LogP contribution in [0.5, 0.6) is 0 Å². The van der Waals surface area contributed by atoms with Crippen LogP contribution < -0.4 is 24.0 Å². The van der Waals surface area contributed by atoms with Gasteiger partial charge in [-0.2, -0.15) is 0 Å². The van der Waals surface area contributed by atoms with Crippen LogP contribution in [-0.2, 0) is 10.0 Å². The predicted molar refractivity (Wildman–Crippen MR) is 29.3 cm³/mol. The number of hydrogen-bond donors (Lipinski definition) is 1. The molecule has 8 heavy (non-hydrogen) atoms. The molecule has 0 aromatic carbocycles. The van der Waals surface area contributed by atoms with Crippen LogP contribution in [-0.4, -0.2) is 14.2 Å².